The topological polar surface area (TPSA) is 69.9 Å². The van der Waals surface area contributed by atoms with E-state index in [4.69, 9.17) is 11.5 Å². The number of nitrogens with two attached hydrogens (primary N) is 2. The van der Waals surface area contributed by atoms with Crippen molar-refractivity contribution in [1.82, 2.24) is 9.55 Å². The lowest BCUT2D eigenvalue weighted by molar-refractivity contribution is 0.642. The summed E-state index contributed by atoms with van der Waals surface area (Å²) in [6, 6.07) is 5.64. The molecule has 0 radical (unpaired) electrons. The van der Waals surface area contributed by atoms with Gasteiger partial charge in [0.25, 0.3) is 0 Å². The zero-order valence-electron chi connectivity index (χ0n) is 9.13. The van der Waals surface area contributed by atoms with Gasteiger partial charge in [-0.25, -0.2) is 4.98 Å². The standard InChI is InChI=1S/C12H16N4/c13-11-3-4-12(14)10(8-11)2-1-6-16-7-5-15-9-16/h3-5,7-9H,1-2,6,13-14H2. The van der Waals surface area contributed by atoms with Crippen LogP contribution in [0.2, 0.25) is 0 Å². The van der Waals surface area contributed by atoms with Crippen LogP contribution in [0, 0.1) is 0 Å². The molecule has 0 spiro atoms. The zero-order valence-corrected chi connectivity index (χ0v) is 9.13. The molecule has 84 valence electrons. The van der Waals surface area contributed by atoms with Crippen LogP contribution in [0.25, 0.3) is 0 Å². The van der Waals surface area contributed by atoms with Crippen molar-refractivity contribution in [3.63, 3.8) is 0 Å². The van der Waals surface area contributed by atoms with E-state index < -0.39 is 0 Å². The Kier molecular flexibility index (Phi) is 3.10. The van der Waals surface area contributed by atoms with Crippen LogP contribution < -0.4 is 11.5 Å². The summed E-state index contributed by atoms with van der Waals surface area (Å²) in [6.07, 6.45) is 7.54. The van der Waals surface area contributed by atoms with Crippen LogP contribution in [0.1, 0.15) is 12.0 Å². The number of nitrogen functional groups attached to an aromatic ring is 2. The molecule has 0 atom stereocenters. The summed E-state index contributed by atoms with van der Waals surface area (Å²) < 4.78 is 2.06. The average Bonchev–Trinajstić information content (AvgIpc) is 2.76. The molecule has 16 heavy (non-hydrogen) atoms. The number of nitrogens with zero attached hydrogens (tertiary/aromatic N) is 2. The maximum Gasteiger partial charge on any atom is 0.0945 e. The molecular formula is C12H16N4. The first-order chi connectivity index (χ1) is 7.75. The van der Waals surface area contributed by atoms with Gasteiger partial charge in [-0.2, -0.15) is 0 Å². The second kappa shape index (κ2) is 4.70. The van der Waals surface area contributed by atoms with Crippen LogP contribution in [0.15, 0.2) is 36.9 Å². The highest BCUT2D eigenvalue weighted by atomic mass is 15.0. The average molecular weight is 216 g/mol. The highest BCUT2D eigenvalue weighted by Gasteiger charge is 2.00. The van der Waals surface area contributed by atoms with Crippen molar-refractivity contribution in [2.75, 3.05) is 11.5 Å². The van der Waals surface area contributed by atoms with Crippen LogP contribution >= 0.6 is 0 Å². The van der Waals surface area contributed by atoms with Gasteiger partial charge in [-0.3, -0.25) is 0 Å². The molecule has 0 fully saturated rings. The third kappa shape index (κ3) is 2.53. The largest absolute Gasteiger partial charge is 0.399 e. The molecule has 4 nitrogen and oxygen atoms in total. The lowest BCUT2D eigenvalue weighted by atomic mass is 10.1. The van der Waals surface area contributed by atoms with Gasteiger partial charge in [0.15, 0.2) is 0 Å². The molecule has 0 aliphatic rings. The summed E-state index contributed by atoms with van der Waals surface area (Å²) in [6.45, 7) is 0.953. The molecule has 1 heterocycles. The Bertz CT molecular complexity index is 448. The molecule has 2 rings (SSSR count). The molecular weight excluding hydrogens is 200 g/mol. The van der Waals surface area contributed by atoms with Crippen LogP contribution in [0.3, 0.4) is 0 Å². The quantitative estimate of drug-likeness (QED) is 0.764. The second-order valence-corrected chi connectivity index (χ2v) is 3.86. The molecule has 0 unspecified atom stereocenters. The van der Waals surface area contributed by atoms with E-state index in [9.17, 15) is 0 Å². The maximum atomic E-state index is 5.87. The fourth-order valence-electron chi connectivity index (χ4n) is 1.71. The van der Waals surface area contributed by atoms with Gasteiger partial charge >= 0.3 is 0 Å². The van der Waals surface area contributed by atoms with Gasteiger partial charge in [-0.15, -0.1) is 0 Å². The fourth-order valence-corrected chi connectivity index (χ4v) is 1.71. The van der Waals surface area contributed by atoms with Crippen LogP contribution in [0.5, 0.6) is 0 Å². The van der Waals surface area contributed by atoms with Gasteiger partial charge in [0, 0.05) is 30.3 Å². The second-order valence-electron chi connectivity index (χ2n) is 3.86. The van der Waals surface area contributed by atoms with E-state index in [0.717, 1.165) is 36.3 Å². The molecule has 0 aliphatic carbocycles. The van der Waals surface area contributed by atoms with Crippen molar-refractivity contribution in [3.05, 3.63) is 42.5 Å². The smallest absolute Gasteiger partial charge is 0.0945 e. The number of aromatic nitrogens is 2. The predicted molar refractivity (Wildman–Crippen MR) is 65.8 cm³/mol. The van der Waals surface area contributed by atoms with Gasteiger partial charge in [0.2, 0.25) is 0 Å². The molecule has 4 N–H and O–H groups in total. The Morgan fingerprint density at radius 3 is 2.88 bits per heavy atom. The summed E-state index contributed by atoms with van der Waals surface area (Å²) >= 11 is 0. The van der Waals surface area contributed by atoms with Gasteiger partial charge in [-0.1, -0.05) is 0 Å². The van der Waals surface area contributed by atoms with Gasteiger partial charge in [-0.05, 0) is 36.6 Å². The van der Waals surface area contributed by atoms with Gasteiger partial charge in [0.1, 0.15) is 0 Å². The van der Waals surface area contributed by atoms with Crippen LogP contribution in [-0.2, 0) is 13.0 Å². The van der Waals surface area contributed by atoms with E-state index in [0.29, 0.717) is 0 Å². The van der Waals surface area contributed by atoms with Crippen LogP contribution in [-0.4, -0.2) is 9.55 Å². The highest BCUT2D eigenvalue weighted by Crippen LogP contribution is 2.17. The maximum absolute atomic E-state index is 5.87. The number of aryl methyl sites for hydroxylation is 2. The first-order valence-corrected chi connectivity index (χ1v) is 5.35. The fraction of sp³-hybridized carbons (Fsp3) is 0.250. The minimum Gasteiger partial charge on any atom is -0.399 e. The Morgan fingerprint density at radius 1 is 1.25 bits per heavy atom. The van der Waals surface area contributed by atoms with E-state index >= 15 is 0 Å². The van der Waals surface area contributed by atoms with Gasteiger partial charge < -0.3 is 16.0 Å². The molecule has 0 saturated heterocycles. The van der Waals surface area contributed by atoms with Crippen molar-refractivity contribution < 1.29 is 0 Å². The van der Waals surface area contributed by atoms with Crippen molar-refractivity contribution in [3.8, 4) is 0 Å². The summed E-state index contributed by atoms with van der Waals surface area (Å²) in [5.41, 5.74) is 14.3. The number of rotatable bonds is 4. The zero-order chi connectivity index (χ0) is 11.4. The number of anilines is 2. The summed E-state index contributed by atoms with van der Waals surface area (Å²) in [7, 11) is 0. The molecule has 1 aromatic heterocycles. The van der Waals surface area contributed by atoms with Crippen molar-refractivity contribution in [1.29, 1.82) is 0 Å². The van der Waals surface area contributed by atoms with E-state index in [2.05, 4.69) is 9.55 Å². The van der Waals surface area contributed by atoms with Crippen LogP contribution in [0.4, 0.5) is 11.4 Å². The Morgan fingerprint density at radius 2 is 2.12 bits per heavy atom. The molecule has 0 bridgehead atoms. The highest BCUT2D eigenvalue weighted by molar-refractivity contribution is 5.55. The molecule has 1 aromatic carbocycles. The minimum atomic E-state index is 0.770. The first kappa shape index (κ1) is 10.5. The Balaban J connectivity index is 1.92. The SMILES string of the molecule is Nc1ccc(N)c(CCCn2ccnc2)c1. The summed E-state index contributed by atoms with van der Waals surface area (Å²) in [4.78, 5) is 4.00. The predicted octanol–water partition coefficient (Wildman–Crippen LogP) is 1.68. The third-order valence-electron chi connectivity index (χ3n) is 2.59. The third-order valence-corrected chi connectivity index (χ3v) is 2.59. The summed E-state index contributed by atoms with van der Waals surface area (Å²) in [5.74, 6) is 0. The normalized spacial score (nSPS) is 10.5. The summed E-state index contributed by atoms with van der Waals surface area (Å²) in [5, 5.41) is 0. The number of benzene rings is 1. The Hall–Kier alpha value is -1.97. The minimum absolute atomic E-state index is 0.770. The lowest BCUT2D eigenvalue weighted by Crippen LogP contribution is -2.00. The lowest BCUT2D eigenvalue weighted by Gasteiger charge is -2.07. The Labute approximate surface area is 94.9 Å². The first-order valence-electron chi connectivity index (χ1n) is 5.35. The number of imidazole rings is 1. The van der Waals surface area contributed by atoms with E-state index in [1.54, 1.807) is 6.20 Å². The number of hydrogen-bond donors (Lipinski definition) is 2. The van der Waals surface area contributed by atoms with E-state index in [1.165, 1.54) is 0 Å². The monoisotopic (exact) mass is 216 g/mol. The van der Waals surface area contributed by atoms with E-state index in [1.807, 2.05) is 30.7 Å². The van der Waals surface area contributed by atoms with E-state index in [-0.39, 0.29) is 0 Å². The molecule has 4 heteroatoms. The molecule has 2 aromatic rings. The van der Waals surface area contributed by atoms with Crippen molar-refractivity contribution in [2.45, 2.75) is 19.4 Å². The van der Waals surface area contributed by atoms with Gasteiger partial charge in [0.05, 0.1) is 6.33 Å². The van der Waals surface area contributed by atoms with Crippen molar-refractivity contribution >= 4 is 11.4 Å². The molecule has 0 amide bonds. The number of hydrogen-bond acceptors (Lipinski definition) is 3. The molecule has 0 aliphatic heterocycles. The van der Waals surface area contributed by atoms with Crippen molar-refractivity contribution in [2.24, 2.45) is 0 Å². The molecule has 0 saturated carbocycles.